The Morgan fingerprint density at radius 1 is 1.54 bits per heavy atom. The molecule has 1 unspecified atom stereocenters. The molecular formula is C8H15BrO3S. The largest absolute Gasteiger partial charge is 0.381 e. The minimum absolute atomic E-state index is 0.0586. The fraction of sp³-hybridized carbons (Fsp3) is 1.00. The fourth-order valence-electron chi connectivity index (χ4n) is 1.42. The summed E-state index contributed by atoms with van der Waals surface area (Å²) in [4.78, 5) is 0. The van der Waals surface area contributed by atoms with Gasteiger partial charge in [-0.15, -0.1) is 0 Å². The lowest BCUT2D eigenvalue weighted by Gasteiger charge is -2.23. The molecule has 1 aliphatic rings. The van der Waals surface area contributed by atoms with Crippen molar-refractivity contribution < 1.29 is 13.2 Å². The molecule has 1 atom stereocenters. The van der Waals surface area contributed by atoms with Crippen molar-refractivity contribution in [2.75, 3.05) is 30.6 Å². The molecule has 0 aromatic carbocycles. The lowest BCUT2D eigenvalue weighted by molar-refractivity contribution is 0.160. The summed E-state index contributed by atoms with van der Waals surface area (Å²) in [6, 6.07) is 0. The molecule has 1 saturated heterocycles. The van der Waals surface area contributed by atoms with Crippen molar-refractivity contribution in [2.24, 2.45) is 5.41 Å². The van der Waals surface area contributed by atoms with Gasteiger partial charge in [-0.1, -0.05) is 15.9 Å². The third-order valence-electron chi connectivity index (χ3n) is 2.47. The van der Waals surface area contributed by atoms with Crippen LogP contribution in [0.25, 0.3) is 0 Å². The van der Waals surface area contributed by atoms with Gasteiger partial charge in [0.1, 0.15) is 9.84 Å². The zero-order valence-corrected chi connectivity index (χ0v) is 10.2. The molecule has 1 rings (SSSR count). The SMILES string of the molecule is CS(=O)(=O)CCC1(CBr)CCOC1. The molecule has 0 aromatic heterocycles. The first kappa shape index (κ1) is 11.5. The average molecular weight is 271 g/mol. The maximum absolute atomic E-state index is 11.0. The lowest BCUT2D eigenvalue weighted by Crippen LogP contribution is -2.26. The number of halogens is 1. The Bertz CT molecular complexity index is 255. The van der Waals surface area contributed by atoms with Gasteiger partial charge in [0.15, 0.2) is 0 Å². The van der Waals surface area contributed by atoms with Gasteiger partial charge >= 0.3 is 0 Å². The van der Waals surface area contributed by atoms with Crippen molar-refractivity contribution in [1.82, 2.24) is 0 Å². The molecule has 0 bridgehead atoms. The molecule has 0 spiro atoms. The van der Waals surface area contributed by atoms with Crippen LogP contribution >= 0.6 is 15.9 Å². The smallest absolute Gasteiger partial charge is 0.147 e. The van der Waals surface area contributed by atoms with Gasteiger partial charge in [-0.2, -0.15) is 0 Å². The normalized spacial score (nSPS) is 29.4. The first-order valence-electron chi connectivity index (χ1n) is 4.29. The number of hydrogen-bond donors (Lipinski definition) is 0. The monoisotopic (exact) mass is 270 g/mol. The van der Waals surface area contributed by atoms with E-state index in [-0.39, 0.29) is 11.2 Å². The first-order chi connectivity index (χ1) is 5.97. The van der Waals surface area contributed by atoms with Crippen molar-refractivity contribution in [3.05, 3.63) is 0 Å². The standard InChI is InChI=1S/C8H15BrO3S/c1-13(10,11)5-3-8(6-9)2-4-12-7-8/h2-7H2,1H3. The number of hydrogen-bond acceptors (Lipinski definition) is 3. The van der Waals surface area contributed by atoms with Gasteiger partial charge in [0.2, 0.25) is 0 Å². The minimum atomic E-state index is -2.84. The van der Waals surface area contributed by atoms with Crippen molar-refractivity contribution in [3.63, 3.8) is 0 Å². The number of sulfone groups is 1. The van der Waals surface area contributed by atoms with Crippen LogP contribution in [0.3, 0.4) is 0 Å². The molecule has 78 valence electrons. The van der Waals surface area contributed by atoms with Crippen molar-refractivity contribution in [2.45, 2.75) is 12.8 Å². The Balaban J connectivity index is 2.50. The molecule has 1 fully saturated rings. The van der Waals surface area contributed by atoms with Gasteiger partial charge in [-0.3, -0.25) is 0 Å². The highest BCUT2D eigenvalue weighted by Gasteiger charge is 2.34. The van der Waals surface area contributed by atoms with Crippen molar-refractivity contribution in [1.29, 1.82) is 0 Å². The summed E-state index contributed by atoms with van der Waals surface area (Å²) in [6.45, 7) is 1.45. The summed E-state index contributed by atoms with van der Waals surface area (Å²) in [5.74, 6) is 0.266. The second-order valence-corrected chi connectivity index (χ2v) is 6.64. The number of rotatable bonds is 4. The van der Waals surface area contributed by atoms with Crippen LogP contribution in [0, 0.1) is 5.41 Å². The lowest BCUT2D eigenvalue weighted by atomic mass is 9.87. The average Bonchev–Trinajstić information content (AvgIpc) is 2.49. The number of alkyl halides is 1. The van der Waals surface area contributed by atoms with E-state index in [1.165, 1.54) is 6.26 Å². The van der Waals surface area contributed by atoms with E-state index in [0.29, 0.717) is 13.0 Å². The minimum Gasteiger partial charge on any atom is -0.381 e. The Morgan fingerprint density at radius 2 is 2.23 bits per heavy atom. The molecule has 0 N–H and O–H groups in total. The van der Waals surface area contributed by atoms with Gasteiger partial charge in [0.05, 0.1) is 12.4 Å². The highest BCUT2D eigenvalue weighted by Crippen LogP contribution is 2.34. The van der Waals surface area contributed by atoms with E-state index in [4.69, 9.17) is 4.74 Å². The summed E-state index contributed by atoms with van der Waals surface area (Å²) >= 11 is 3.43. The molecule has 0 radical (unpaired) electrons. The van der Waals surface area contributed by atoms with Crippen molar-refractivity contribution >= 4 is 25.8 Å². The predicted octanol–water partition coefficient (Wildman–Crippen LogP) is 1.22. The molecule has 13 heavy (non-hydrogen) atoms. The van der Waals surface area contributed by atoms with Gasteiger partial charge in [0, 0.05) is 23.6 Å². The third-order valence-corrected chi connectivity index (χ3v) is 4.61. The Morgan fingerprint density at radius 3 is 2.62 bits per heavy atom. The van der Waals surface area contributed by atoms with Crippen molar-refractivity contribution in [3.8, 4) is 0 Å². The Labute approximate surface area is 87.9 Å². The summed E-state index contributed by atoms with van der Waals surface area (Å²) < 4.78 is 27.3. The van der Waals surface area contributed by atoms with E-state index >= 15 is 0 Å². The van der Waals surface area contributed by atoms with Gasteiger partial charge in [-0.05, 0) is 12.8 Å². The summed E-state index contributed by atoms with van der Waals surface area (Å²) in [7, 11) is -2.84. The molecule has 1 heterocycles. The topological polar surface area (TPSA) is 43.4 Å². The van der Waals surface area contributed by atoms with E-state index in [1.807, 2.05) is 0 Å². The molecule has 0 amide bonds. The first-order valence-corrected chi connectivity index (χ1v) is 7.47. The molecular weight excluding hydrogens is 256 g/mol. The second kappa shape index (κ2) is 4.28. The predicted molar refractivity (Wildman–Crippen MR) is 56.0 cm³/mol. The zero-order valence-electron chi connectivity index (χ0n) is 7.75. The quantitative estimate of drug-likeness (QED) is 0.722. The Hall–Kier alpha value is 0.390. The summed E-state index contributed by atoms with van der Waals surface area (Å²) in [6.07, 6.45) is 2.95. The van der Waals surface area contributed by atoms with E-state index in [1.54, 1.807) is 0 Å². The van der Waals surface area contributed by atoms with Crippen LogP contribution in [0.15, 0.2) is 0 Å². The van der Waals surface area contributed by atoms with Gasteiger partial charge in [-0.25, -0.2) is 8.42 Å². The van der Waals surface area contributed by atoms with Crippen LogP contribution in [-0.4, -0.2) is 39.0 Å². The second-order valence-electron chi connectivity index (χ2n) is 3.82. The van der Waals surface area contributed by atoms with E-state index < -0.39 is 9.84 Å². The van der Waals surface area contributed by atoms with Crippen LogP contribution < -0.4 is 0 Å². The Kier molecular flexibility index (Phi) is 3.77. The van der Waals surface area contributed by atoms with E-state index in [0.717, 1.165) is 18.4 Å². The van der Waals surface area contributed by atoms with Gasteiger partial charge in [0.25, 0.3) is 0 Å². The molecule has 0 aliphatic carbocycles. The highest BCUT2D eigenvalue weighted by atomic mass is 79.9. The molecule has 3 nitrogen and oxygen atoms in total. The third kappa shape index (κ3) is 3.56. The molecule has 0 saturated carbocycles. The van der Waals surface area contributed by atoms with Crippen LogP contribution in [0.5, 0.6) is 0 Å². The summed E-state index contributed by atoms with van der Waals surface area (Å²) in [5.41, 5.74) is 0.0586. The van der Waals surface area contributed by atoms with Crippen LogP contribution in [0.1, 0.15) is 12.8 Å². The highest BCUT2D eigenvalue weighted by molar-refractivity contribution is 9.09. The molecule has 0 aromatic rings. The maximum Gasteiger partial charge on any atom is 0.147 e. The molecule has 1 aliphatic heterocycles. The van der Waals surface area contributed by atoms with Crippen LogP contribution in [0.4, 0.5) is 0 Å². The fourth-order valence-corrected chi connectivity index (χ4v) is 2.95. The zero-order chi connectivity index (χ0) is 9.95. The van der Waals surface area contributed by atoms with Crippen LogP contribution in [-0.2, 0) is 14.6 Å². The molecule has 5 heteroatoms. The maximum atomic E-state index is 11.0. The van der Waals surface area contributed by atoms with Gasteiger partial charge < -0.3 is 4.74 Å². The van der Waals surface area contributed by atoms with Crippen LogP contribution in [0.2, 0.25) is 0 Å². The summed E-state index contributed by atoms with van der Waals surface area (Å²) in [5, 5.41) is 0.829. The number of ether oxygens (including phenoxy) is 1. The van der Waals surface area contributed by atoms with E-state index in [9.17, 15) is 8.42 Å². The van der Waals surface area contributed by atoms with E-state index in [2.05, 4.69) is 15.9 Å².